The van der Waals surface area contributed by atoms with E-state index in [9.17, 15) is 4.79 Å². The van der Waals surface area contributed by atoms with Gasteiger partial charge in [-0.1, -0.05) is 30.3 Å². The Labute approximate surface area is 94.8 Å². The lowest BCUT2D eigenvalue weighted by molar-refractivity contribution is -0.109. The first-order chi connectivity index (χ1) is 7.18. The standard InChI is InChI=1S/C12H15NOS/c1-10(15-11(2)14)13-9-8-12-6-4-3-5-7-12/h3-7H,8-9H2,1-2H3. The van der Waals surface area contributed by atoms with Gasteiger partial charge in [0.2, 0.25) is 0 Å². The molecule has 1 aromatic rings. The summed E-state index contributed by atoms with van der Waals surface area (Å²) in [5, 5.41) is 0.939. The quantitative estimate of drug-likeness (QED) is 0.580. The lowest BCUT2D eigenvalue weighted by Crippen LogP contribution is -1.95. The third kappa shape index (κ3) is 5.37. The number of hydrogen-bond acceptors (Lipinski definition) is 3. The summed E-state index contributed by atoms with van der Waals surface area (Å²) in [6.07, 6.45) is 0.927. The van der Waals surface area contributed by atoms with Gasteiger partial charge in [-0.15, -0.1) is 0 Å². The second-order valence-electron chi connectivity index (χ2n) is 3.23. The molecule has 0 aliphatic carbocycles. The predicted octanol–water partition coefficient (Wildman–Crippen LogP) is 2.93. The lowest BCUT2D eigenvalue weighted by Gasteiger charge is -1.98. The van der Waals surface area contributed by atoms with E-state index in [0.29, 0.717) is 0 Å². The normalized spacial score (nSPS) is 11.5. The molecule has 0 aliphatic rings. The minimum absolute atomic E-state index is 0.0935. The number of rotatable bonds is 3. The van der Waals surface area contributed by atoms with Gasteiger partial charge in [-0.3, -0.25) is 9.79 Å². The average Bonchev–Trinajstić information content (AvgIpc) is 2.18. The van der Waals surface area contributed by atoms with Crippen LogP contribution in [0, 0.1) is 0 Å². The van der Waals surface area contributed by atoms with Crippen LogP contribution >= 0.6 is 11.8 Å². The Bertz CT molecular complexity index is 346. The molecule has 0 spiro atoms. The van der Waals surface area contributed by atoms with Crippen LogP contribution in [0.3, 0.4) is 0 Å². The SMILES string of the molecule is CC(=O)SC(C)=NCCc1ccccc1. The molecule has 0 fully saturated rings. The molecule has 1 aromatic carbocycles. The van der Waals surface area contributed by atoms with Gasteiger partial charge in [0.05, 0.1) is 5.04 Å². The van der Waals surface area contributed by atoms with E-state index in [1.54, 1.807) is 6.92 Å². The highest BCUT2D eigenvalue weighted by molar-refractivity contribution is 8.26. The number of benzene rings is 1. The molecule has 0 unspecified atom stereocenters. The predicted molar refractivity (Wildman–Crippen MR) is 66.4 cm³/mol. The van der Waals surface area contributed by atoms with Crippen LogP contribution in [-0.4, -0.2) is 16.7 Å². The third-order valence-electron chi connectivity index (χ3n) is 1.87. The van der Waals surface area contributed by atoms with Crippen LogP contribution in [0.15, 0.2) is 35.3 Å². The second kappa shape index (κ2) is 6.40. The second-order valence-corrected chi connectivity index (χ2v) is 4.60. The molecule has 0 N–H and O–H groups in total. The van der Waals surface area contributed by atoms with Crippen molar-refractivity contribution in [2.75, 3.05) is 6.54 Å². The summed E-state index contributed by atoms with van der Waals surface area (Å²) >= 11 is 1.20. The largest absolute Gasteiger partial charge is 0.287 e. The van der Waals surface area contributed by atoms with Gasteiger partial charge in [0.15, 0.2) is 5.12 Å². The summed E-state index contributed by atoms with van der Waals surface area (Å²) in [4.78, 5) is 15.1. The van der Waals surface area contributed by atoms with Crippen molar-refractivity contribution in [3.05, 3.63) is 35.9 Å². The lowest BCUT2D eigenvalue weighted by atomic mass is 10.2. The molecule has 3 heteroatoms. The van der Waals surface area contributed by atoms with E-state index in [1.165, 1.54) is 17.3 Å². The van der Waals surface area contributed by atoms with Gasteiger partial charge in [-0.25, -0.2) is 0 Å². The molecular weight excluding hydrogens is 206 g/mol. The van der Waals surface area contributed by atoms with Gasteiger partial charge >= 0.3 is 0 Å². The summed E-state index contributed by atoms with van der Waals surface area (Å²) in [5.74, 6) is 0. The van der Waals surface area contributed by atoms with E-state index in [4.69, 9.17) is 0 Å². The molecule has 0 aliphatic heterocycles. The molecule has 80 valence electrons. The monoisotopic (exact) mass is 221 g/mol. The highest BCUT2D eigenvalue weighted by Gasteiger charge is 1.97. The Morgan fingerprint density at radius 1 is 1.27 bits per heavy atom. The van der Waals surface area contributed by atoms with Crippen LogP contribution in [0.5, 0.6) is 0 Å². The third-order valence-corrected chi connectivity index (χ3v) is 2.58. The zero-order valence-electron chi connectivity index (χ0n) is 9.06. The smallest absolute Gasteiger partial charge is 0.191 e. The fraction of sp³-hybridized carbons (Fsp3) is 0.333. The maximum Gasteiger partial charge on any atom is 0.191 e. The van der Waals surface area contributed by atoms with Crippen molar-refractivity contribution in [1.82, 2.24) is 0 Å². The van der Waals surface area contributed by atoms with Crippen molar-refractivity contribution in [2.45, 2.75) is 20.3 Å². The van der Waals surface area contributed by atoms with Gasteiger partial charge in [0.25, 0.3) is 0 Å². The Kier molecular flexibility index (Phi) is 5.12. The molecule has 15 heavy (non-hydrogen) atoms. The summed E-state index contributed by atoms with van der Waals surface area (Å²) in [5.41, 5.74) is 1.28. The maximum absolute atomic E-state index is 10.8. The molecular formula is C12H15NOS. The topological polar surface area (TPSA) is 29.4 Å². The van der Waals surface area contributed by atoms with E-state index < -0.39 is 0 Å². The minimum Gasteiger partial charge on any atom is -0.287 e. The zero-order valence-corrected chi connectivity index (χ0v) is 9.88. The number of nitrogens with zero attached hydrogens (tertiary/aromatic N) is 1. The van der Waals surface area contributed by atoms with Gasteiger partial charge < -0.3 is 0 Å². The van der Waals surface area contributed by atoms with Gasteiger partial charge in [0.1, 0.15) is 0 Å². The summed E-state index contributed by atoms with van der Waals surface area (Å²) < 4.78 is 0. The number of hydrogen-bond donors (Lipinski definition) is 0. The maximum atomic E-state index is 10.8. The van der Waals surface area contributed by atoms with Crippen LogP contribution in [0.25, 0.3) is 0 Å². The Balaban J connectivity index is 2.35. The molecule has 0 radical (unpaired) electrons. The van der Waals surface area contributed by atoms with Crippen LogP contribution < -0.4 is 0 Å². The van der Waals surface area contributed by atoms with Crippen molar-refractivity contribution >= 4 is 21.9 Å². The van der Waals surface area contributed by atoms with Crippen molar-refractivity contribution in [1.29, 1.82) is 0 Å². The van der Waals surface area contributed by atoms with Gasteiger partial charge in [-0.05, 0) is 30.7 Å². The molecule has 2 nitrogen and oxygen atoms in total. The van der Waals surface area contributed by atoms with Crippen LogP contribution in [-0.2, 0) is 11.2 Å². The average molecular weight is 221 g/mol. The van der Waals surface area contributed by atoms with E-state index in [1.807, 2.05) is 25.1 Å². The summed E-state index contributed by atoms with van der Waals surface area (Å²) in [6, 6.07) is 10.2. The molecule has 0 atom stereocenters. The number of carbonyl (C=O) groups is 1. The van der Waals surface area contributed by atoms with Crippen molar-refractivity contribution in [3.8, 4) is 0 Å². The minimum atomic E-state index is 0.0935. The van der Waals surface area contributed by atoms with Crippen LogP contribution in [0.1, 0.15) is 19.4 Å². The highest BCUT2D eigenvalue weighted by Crippen LogP contribution is 2.05. The molecule has 1 rings (SSSR count). The molecule has 0 saturated carbocycles. The zero-order chi connectivity index (χ0) is 11.1. The van der Waals surface area contributed by atoms with E-state index in [-0.39, 0.29) is 5.12 Å². The fourth-order valence-corrected chi connectivity index (χ4v) is 1.80. The van der Waals surface area contributed by atoms with Crippen LogP contribution in [0.2, 0.25) is 0 Å². The molecule has 0 bridgehead atoms. The number of thioether (sulfide) groups is 1. The van der Waals surface area contributed by atoms with E-state index in [2.05, 4.69) is 17.1 Å². The van der Waals surface area contributed by atoms with Crippen molar-refractivity contribution in [3.63, 3.8) is 0 Å². The Morgan fingerprint density at radius 3 is 2.53 bits per heavy atom. The van der Waals surface area contributed by atoms with Gasteiger partial charge in [0, 0.05) is 13.5 Å². The first-order valence-corrected chi connectivity index (χ1v) is 5.73. The number of carbonyl (C=O) groups excluding carboxylic acids is 1. The first kappa shape index (κ1) is 12.0. The van der Waals surface area contributed by atoms with E-state index in [0.717, 1.165) is 18.0 Å². The van der Waals surface area contributed by atoms with Crippen molar-refractivity contribution < 1.29 is 4.79 Å². The van der Waals surface area contributed by atoms with Crippen LogP contribution in [0.4, 0.5) is 0 Å². The Morgan fingerprint density at radius 2 is 1.93 bits per heavy atom. The highest BCUT2D eigenvalue weighted by atomic mass is 32.2. The molecule has 0 saturated heterocycles. The first-order valence-electron chi connectivity index (χ1n) is 4.92. The fourth-order valence-electron chi connectivity index (χ4n) is 1.23. The summed E-state index contributed by atoms with van der Waals surface area (Å²) in [7, 11) is 0. The van der Waals surface area contributed by atoms with E-state index >= 15 is 0 Å². The molecule has 0 aromatic heterocycles. The number of aliphatic imine (C=N–C) groups is 1. The van der Waals surface area contributed by atoms with Gasteiger partial charge in [-0.2, -0.15) is 0 Å². The molecule has 0 heterocycles. The summed E-state index contributed by atoms with van der Waals surface area (Å²) in [6.45, 7) is 4.17. The van der Waals surface area contributed by atoms with Crippen molar-refractivity contribution in [2.24, 2.45) is 4.99 Å². The molecule has 0 amide bonds. The Hall–Kier alpha value is -1.09.